The number of ether oxygens (including phenoxy) is 1. The molecule has 0 spiro atoms. The Kier molecular flexibility index (Phi) is 5.03. The van der Waals surface area contributed by atoms with Gasteiger partial charge < -0.3 is 14.9 Å². The highest BCUT2D eigenvalue weighted by molar-refractivity contribution is 7.80. The third kappa shape index (κ3) is 2.98. The van der Waals surface area contributed by atoms with Crippen molar-refractivity contribution in [3.8, 4) is 0 Å². The number of rotatable bonds is 5. The summed E-state index contributed by atoms with van der Waals surface area (Å²) in [5, 5.41) is 19.2. The molecule has 1 saturated heterocycles. The fourth-order valence-corrected chi connectivity index (χ4v) is 2.83. The third-order valence-corrected chi connectivity index (χ3v) is 3.76. The summed E-state index contributed by atoms with van der Waals surface area (Å²) < 4.78 is 6.94. The Morgan fingerprint density at radius 3 is 2.75 bits per heavy atom. The highest BCUT2D eigenvalue weighted by Crippen LogP contribution is 2.37. The molecule has 0 aromatic carbocycles. The minimum atomic E-state index is -0.780. The first-order valence-corrected chi connectivity index (χ1v) is 7.08. The highest BCUT2D eigenvalue weighted by Gasteiger charge is 2.43. The van der Waals surface area contributed by atoms with Crippen LogP contribution >= 0.6 is 12.6 Å². The normalized spacial score (nSPS) is 29.8. The summed E-state index contributed by atoms with van der Waals surface area (Å²) in [6, 6.07) is 1.23. The van der Waals surface area contributed by atoms with Crippen LogP contribution < -0.4 is 11.2 Å². The van der Waals surface area contributed by atoms with Gasteiger partial charge in [-0.1, -0.05) is 0 Å². The quantitative estimate of drug-likeness (QED) is 0.528. The van der Waals surface area contributed by atoms with Crippen LogP contribution in [-0.4, -0.2) is 44.3 Å². The predicted molar refractivity (Wildman–Crippen MR) is 74.9 cm³/mol. The molecule has 0 aliphatic carbocycles. The van der Waals surface area contributed by atoms with Crippen LogP contribution in [-0.2, 0) is 4.74 Å². The Morgan fingerprint density at radius 2 is 2.15 bits per heavy atom. The molecule has 2 rings (SSSR count). The van der Waals surface area contributed by atoms with Gasteiger partial charge in [0.1, 0.15) is 6.23 Å². The van der Waals surface area contributed by atoms with Crippen LogP contribution in [0.15, 0.2) is 21.9 Å². The molecule has 1 fully saturated rings. The molecule has 0 amide bonds. The maximum atomic E-state index is 11.8. The summed E-state index contributed by atoms with van der Waals surface area (Å²) in [6.45, 7) is -0.109. The summed E-state index contributed by atoms with van der Waals surface area (Å²) in [5.41, 5.74) is -1.06. The van der Waals surface area contributed by atoms with Crippen LogP contribution in [0.5, 0.6) is 0 Å². The van der Waals surface area contributed by atoms with E-state index in [4.69, 9.17) is 9.84 Å². The van der Waals surface area contributed by atoms with Crippen molar-refractivity contribution in [1.82, 2.24) is 9.55 Å². The highest BCUT2D eigenvalue weighted by atomic mass is 32.1. The second-order valence-corrected chi connectivity index (χ2v) is 5.21. The van der Waals surface area contributed by atoms with E-state index in [1.807, 2.05) is 0 Å². The minimum absolute atomic E-state index is 0.109. The lowest BCUT2D eigenvalue weighted by molar-refractivity contribution is -0.0339. The molecule has 0 bridgehead atoms. The molecule has 7 nitrogen and oxygen atoms in total. The summed E-state index contributed by atoms with van der Waals surface area (Å²) >= 11 is 4.15. The second-order valence-electron chi connectivity index (χ2n) is 4.76. The van der Waals surface area contributed by atoms with E-state index in [0.29, 0.717) is 18.6 Å². The zero-order chi connectivity index (χ0) is 14.7. The van der Waals surface area contributed by atoms with Gasteiger partial charge in [0, 0.05) is 24.8 Å². The second kappa shape index (κ2) is 6.57. The lowest BCUT2D eigenvalue weighted by Gasteiger charge is -2.20. The van der Waals surface area contributed by atoms with Crippen molar-refractivity contribution in [2.75, 3.05) is 12.4 Å². The van der Waals surface area contributed by atoms with Gasteiger partial charge in [-0.25, -0.2) is 4.79 Å². The van der Waals surface area contributed by atoms with Crippen molar-refractivity contribution >= 4 is 12.6 Å². The Morgan fingerprint density at radius 1 is 1.40 bits per heavy atom. The molecule has 4 atom stereocenters. The summed E-state index contributed by atoms with van der Waals surface area (Å²) in [7, 11) is 0. The van der Waals surface area contributed by atoms with Crippen LogP contribution in [0.4, 0.5) is 0 Å². The number of hydrogen-bond donors (Lipinski definition) is 4. The molecule has 2 heterocycles. The summed E-state index contributed by atoms with van der Waals surface area (Å²) in [5.74, 6) is 0.221. The largest absolute Gasteiger partial charge is 0.396 e. The van der Waals surface area contributed by atoms with Gasteiger partial charge in [-0.15, -0.1) is 0 Å². The molecule has 8 heteroatoms. The molecule has 0 saturated carbocycles. The maximum absolute atomic E-state index is 11.8. The van der Waals surface area contributed by atoms with Crippen LogP contribution in [0.25, 0.3) is 0 Å². The number of nitrogens with zero attached hydrogens (tertiary/aromatic N) is 1. The number of aliphatic hydroxyl groups is 2. The Labute approximate surface area is 120 Å². The molecular formula is C12H18N2O5S. The zero-order valence-corrected chi connectivity index (χ0v) is 11.7. The first-order chi connectivity index (χ1) is 9.58. The third-order valence-electron chi connectivity index (χ3n) is 3.50. The van der Waals surface area contributed by atoms with E-state index in [1.165, 1.54) is 16.8 Å². The van der Waals surface area contributed by atoms with E-state index in [9.17, 15) is 14.7 Å². The van der Waals surface area contributed by atoms with E-state index in [1.54, 1.807) is 0 Å². The fraction of sp³-hybridized carbons (Fsp3) is 0.667. The SMILES string of the molecule is O=c1ccn([C@@H]2O[C@H](CCO)[C@@H](O)C2CCS)c(=O)[nH]1. The van der Waals surface area contributed by atoms with Gasteiger partial charge in [0.05, 0.1) is 12.2 Å². The number of nitrogens with one attached hydrogen (secondary N) is 1. The average molecular weight is 302 g/mol. The van der Waals surface area contributed by atoms with Crippen LogP contribution in [0.3, 0.4) is 0 Å². The lowest BCUT2D eigenvalue weighted by atomic mass is 9.95. The van der Waals surface area contributed by atoms with Crippen molar-refractivity contribution in [2.45, 2.75) is 31.3 Å². The van der Waals surface area contributed by atoms with Gasteiger partial charge in [-0.2, -0.15) is 12.6 Å². The van der Waals surface area contributed by atoms with Crippen molar-refractivity contribution < 1.29 is 14.9 Å². The van der Waals surface area contributed by atoms with E-state index >= 15 is 0 Å². The number of aromatic amines is 1. The first-order valence-electron chi connectivity index (χ1n) is 6.45. The predicted octanol–water partition coefficient (Wildman–Crippen LogP) is -0.887. The van der Waals surface area contributed by atoms with Crippen molar-refractivity contribution in [2.24, 2.45) is 5.92 Å². The first kappa shape index (κ1) is 15.3. The molecule has 112 valence electrons. The topological polar surface area (TPSA) is 105 Å². The molecule has 3 N–H and O–H groups in total. The maximum Gasteiger partial charge on any atom is 0.330 e. The number of hydrogen-bond acceptors (Lipinski definition) is 6. The van der Waals surface area contributed by atoms with Crippen LogP contribution in [0.1, 0.15) is 19.1 Å². The molecule has 1 unspecified atom stereocenters. The molecule has 20 heavy (non-hydrogen) atoms. The Bertz CT molecular complexity index is 557. The van der Waals surface area contributed by atoms with Gasteiger partial charge in [0.15, 0.2) is 0 Å². The van der Waals surface area contributed by atoms with E-state index in [0.717, 1.165) is 0 Å². The van der Waals surface area contributed by atoms with Gasteiger partial charge in [-0.3, -0.25) is 14.3 Å². The van der Waals surface area contributed by atoms with Gasteiger partial charge in [-0.05, 0) is 18.6 Å². The van der Waals surface area contributed by atoms with Crippen LogP contribution in [0, 0.1) is 5.92 Å². The molecular weight excluding hydrogens is 284 g/mol. The lowest BCUT2D eigenvalue weighted by Crippen LogP contribution is -2.35. The van der Waals surface area contributed by atoms with E-state index in [-0.39, 0.29) is 12.5 Å². The smallest absolute Gasteiger partial charge is 0.330 e. The van der Waals surface area contributed by atoms with E-state index < -0.39 is 29.7 Å². The molecule has 1 aromatic rings. The van der Waals surface area contributed by atoms with Crippen molar-refractivity contribution in [1.29, 1.82) is 0 Å². The van der Waals surface area contributed by atoms with Crippen LogP contribution in [0.2, 0.25) is 0 Å². The standard InChI is InChI=1S/C12H18N2O5S/c15-5-2-8-10(17)7(3-6-20)11(19-8)14-4-1-9(16)13-12(14)18/h1,4,7-8,10-11,15,17,20H,2-3,5-6H2,(H,13,16,18)/t7?,8-,10+,11-/m1/s1. The monoisotopic (exact) mass is 302 g/mol. The van der Waals surface area contributed by atoms with E-state index in [2.05, 4.69) is 17.6 Å². The molecule has 1 aliphatic heterocycles. The average Bonchev–Trinajstić information content (AvgIpc) is 2.69. The Hall–Kier alpha value is -1.09. The Balaban J connectivity index is 2.32. The summed E-state index contributed by atoms with van der Waals surface area (Å²) in [6.07, 6.45) is 0.219. The van der Waals surface area contributed by atoms with Crippen molar-refractivity contribution in [3.63, 3.8) is 0 Å². The van der Waals surface area contributed by atoms with Crippen molar-refractivity contribution in [3.05, 3.63) is 33.1 Å². The summed E-state index contributed by atoms with van der Waals surface area (Å²) in [4.78, 5) is 25.1. The minimum Gasteiger partial charge on any atom is -0.396 e. The number of aromatic nitrogens is 2. The van der Waals surface area contributed by atoms with Gasteiger partial charge in [0.25, 0.3) is 5.56 Å². The number of aliphatic hydroxyl groups excluding tert-OH is 2. The fourth-order valence-electron chi connectivity index (χ4n) is 2.53. The molecule has 1 aromatic heterocycles. The van der Waals surface area contributed by atoms with Gasteiger partial charge in [0.2, 0.25) is 0 Å². The molecule has 0 radical (unpaired) electrons. The number of H-pyrrole nitrogens is 1. The molecule has 1 aliphatic rings. The number of thiol groups is 1. The van der Waals surface area contributed by atoms with Gasteiger partial charge >= 0.3 is 5.69 Å². The zero-order valence-electron chi connectivity index (χ0n) is 10.8.